The Labute approximate surface area is 180 Å². The van der Waals surface area contributed by atoms with Crippen molar-refractivity contribution in [1.82, 2.24) is 0 Å². The van der Waals surface area contributed by atoms with Gasteiger partial charge in [0.05, 0.1) is 6.10 Å². The van der Waals surface area contributed by atoms with Crippen LogP contribution in [0.4, 0.5) is 0 Å². The van der Waals surface area contributed by atoms with E-state index in [0.29, 0.717) is 16.7 Å². The molecule has 0 aromatic carbocycles. The molecule has 4 aliphatic rings. The highest BCUT2D eigenvalue weighted by Gasteiger charge is 2.59. The van der Waals surface area contributed by atoms with Crippen molar-refractivity contribution in [2.45, 2.75) is 104 Å². The molecule has 9 atom stereocenters. The fourth-order valence-corrected chi connectivity index (χ4v) is 8.72. The van der Waals surface area contributed by atoms with Crippen LogP contribution in [-0.4, -0.2) is 17.8 Å². The molecule has 0 spiro atoms. The fraction of sp³-hybridized carbons (Fsp3) is 0.926. The van der Waals surface area contributed by atoms with E-state index in [-0.39, 0.29) is 6.10 Å². The zero-order chi connectivity index (χ0) is 20.8. The third-order valence-corrected chi connectivity index (χ3v) is 10.6. The first-order valence-electron chi connectivity index (χ1n) is 12.9. The molecule has 2 heteroatoms. The highest BCUT2D eigenvalue weighted by Crippen LogP contribution is 2.67. The van der Waals surface area contributed by atoms with E-state index in [4.69, 9.17) is 5.73 Å². The Morgan fingerprint density at radius 2 is 1.86 bits per heavy atom. The van der Waals surface area contributed by atoms with Crippen molar-refractivity contribution in [2.24, 2.45) is 52.1 Å². The van der Waals surface area contributed by atoms with Gasteiger partial charge in [-0.3, -0.25) is 0 Å². The van der Waals surface area contributed by atoms with E-state index >= 15 is 0 Å². The maximum atomic E-state index is 10.2. The monoisotopic (exact) mass is 401 g/mol. The van der Waals surface area contributed by atoms with Gasteiger partial charge >= 0.3 is 0 Å². The molecule has 0 bridgehead atoms. The predicted molar refractivity (Wildman–Crippen MR) is 122 cm³/mol. The average Bonchev–Trinajstić information content (AvgIpc) is 3.05. The van der Waals surface area contributed by atoms with Crippen molar-refractivity contribution in [3.05, 3.63) is 11.6 Å². The fourth-order valence-electron chi connectivity index (χ4n) is 8.72. The highest BCUT2D eigenvalue weighted by atomic mass is 16.3. The lowest BCUT2D eigenvalue weighted by atomic mass is 9.47. The van der Waals surface area contributed by atoms with Crippen molar-refractivity contribution in [1.29, 1.82) is 0 Å². The first-order valence-corrected chi connectivity index (χ1v) is 12.9. The van der Waals surface area contributed by atoms with Gasteiger partial charge < -0.3 is 10.8 Å². The number of hydrogen-bond acceptors (Lipinski definition) is 2. The van der Waals surface area contributed by atoms with Crippen LogP contribution in [0.2, 0.25) is 0 Å². The number of aliphatic hydroxyl groups is 1. The van der Waals surface area contributed by atoms with Gasteiger partial charge in [-0.25, -0.2) is 0 Å². The van der Waals surface area contributed by atoms with E-state index in [1.807, 2.05) is 0 Å². The van der Waals surface area contributed by atoms with Crippen LogP contribution in [-0.2, 0) is 0 Å². The van der Waals surface area contributed by atoms with Gasteiger partial charge in [0.15, 0.2) is 0 Å². The second-order valence-electron chi connectivity index (χ2n) is 12.1. The summed E-state index contributed by atoms with van der Waals surface area (Å²) in [5, 5.41) is 10.2. The summed E-state index contributed by atoms with van der Waals surface area (Å²) in [5.41, 5.74) is 8.38. The number of rotatable bonds is 6. The molecule has 3 saturated carbocycles. The molecule has 4 aliphatic carbocycles. The van der Waals surface area contributed by atoms with Crippen LogP contribution in [0.1, 0.15) is 98.3 Å². The summed E-state index contributed by atoms with van der Waals surface area (Å²) < 4.78 is 0. The third kappa shape index (κ3) is 3.75. The van der Waals surface area contributed by atoms with E-state index in [1.54, 1.807) is 5.57 Å². The number of fused-ring (bicyclic) bond motifs is 5. The molecule has 0 aromatic heterocycles. The van der Waals surface area contributed by atoms with Crippen molar-refractivity contribution >= 4 is 0 Å². The molecule has 0 saturated heterocycles. The lowest BCUT2D eigenvalue weighted by Gasteiger charge is -2.58. The lowest BCUT2D eigenvalue weighted by Crippen LogP contribution is -2.50. The van der Waals surface area contributed by atoms with Gasteiger partial charge in [-0.1, -0.05) is 52.2 Å². The van der Waals surface area contributed by atoms with Crippen molar-refractivity contribution in [3.63, 3.8) is 0 Å². The molecular weight excluding hydrogens is 354 g/mol. The second-order valence-corrected chi connectivity index (χ2v) is 12.1. The number of hydrogen-bond donors (Lipinski definition) is 2. The molecule has 3 fully saturated rings. The zero-order valence-electron chi connectivity index (χ0n) is 19.6. The van der Waals surface area contributed by atoms with Crippen molar-refractivity contribution in [3.8, 4) is 0 Å². The number of nitrogens with two attached hydrogens (primary N) is 1. The standard InChI is InChI=1S/C27H47NO/c1-18(17-28)6-5-7-19(2)23-10-11-24-22-9-8-20-16-21(29)12-14-26(20,3)25(22)13-15-27(23,24)4/h8,18-19,21-25,29H,5-7,9-17,28H2,1-4H3/t18-,19-,21?,22+,23-,24+,25+,26+,27-/m1/s1. The highest BCUT2D eigenvalue weighted by molar-refractivity contribution is 5.25. The minimum absolute atomic E-state index is 0.0848. The lowest BCUT2D eigenvalue weighted by molar-refractivity contribution is -0.0573. The van der Waals surface area contributed by atoms with E-state index in [9.17, 15) is 5.11 Å². The molecule has 1 unspecified atom stereocenters. The van der Waals surface area contributed by atoms with Crippen LogP contribution in [0.5, 0.6) is 0 Å². The number of allylic oxidation sites excluding steroid dienone is 1. The van der Waals surface area contributed by atoms with Crippen LogP contribution >= 0.6 is 0 Å². The Morgan fingerprint density at radius 3 is 2.62 bits per heavy atom. The summed E-state index contributed by atoms with van der Waals surface area (Å²) >= 11 is 0. The zero-order valence-corrected chi connectivity index (χ0v) is 19.6. The van der Waals surface area contributed by atoms with Gasteiger partial charge in [0.25, 0.3) is 0 Å². The van der Waals surface area contributed by atoms with E-state index in [0.717, 1.165) is 49.0 Å². The summed E-state index contributed by atoms with van der Waals surface area (Å²) in [6.45, 7) is 10.9. The summed E-state index contributed by atoms with van der Waals surface area (Å²) in [5.74, 6) is 5.16. The normalized spacial score (nSPS) is 46.3. The Balaban J connectivity index is 1.46. The van der Waals surface area contributed by atoms with Crippen LogP contribution in [0.3, 0.4) is 0 Å². The Morgan fingerprint density at radius 1 is 1.07 bits per heavy atom. The van der Waals surface area contributed by atoms with Gasteiger partial charge in [0, 0.05) is 0 Å². The smallest absolute Gasteiger partial charge is 0.0577 e. The van der Waals surface area contributed by atoms with Gasteiger partial charge in [-0.05, 0) is 111 Å². The Kier molecular flexibility index (Phi) is 6.26. The summed E-state index contributed by atoms with van der Waals surface area (Å²) in [6, 6.07) is 0. The molecule has 0 amide bonds. The second kappa shape index (κ2) is 8.30. The average molecular weight is 402 g/mol. The van der Waals surface area contributed by atoms with Gasteiger partial charge in [-0.15, -0.1) is 0 Å². The van der Waals surface area contributed by atoms with Crippen molar-refractivity contribution < 1.29 is 5.11 Å². The minimum atomic E-state index is -0.0848. The van der Waals surface area contributed by atoms with Crippen LogP contribution in [0.25, 0.3) is 0 Å². The SMILES string of the molecule is C[C@@H](CN)CCC[C@@H](C)[C@H]1CC[C@H]2[C@@H]3CC=C4CC(O)CC[C@]4(C)[C@H]3CC[C@]12C. The Bertz CT molecular complexity index is 614. The third-order valence-electron chi connectivity index (χ3n) is 10.6. The maximum absolute atomic E-state index is 10.2. The minimum Gasteiger partial charge on any atom is -0.393 e. The molecule has 29 heavy (non-hydrogen) atoms. The van der Waals surface area contributed by atoms with Crippen LogP contribution in [0, 0.1) is 46.3 Å². The molecule has 0 aliphatic heterocycles. The van der Waals surface area contributed by atoms with Crippen LogP contribution < -0.4 is 5.73 Å². The van der Waals surface area contributed by atoms with Crippen molar-refractivity contribution in [2.75, 3.05) is 6.54 Å². The first kappa shape index (κ1) is 21.9. The quantitative estimate of drug-likeness (QED) is 0.511. The number of aliphatic hydroxyl groups excluding tert-OH is 1. The summed E-state index contributed by atoms with van der Waals surface area (Å²) in [4.78, 5) is 0. The van der Waals surface area contributed by atoms with E-state index in [1.165, 1.54) is 57.8 Å². The topological polar surface area (TPSA) is 46.2 Å². The molecule has 166 valence electrons. The summed E-state index contributed by atoms with van der Waals surface area (Å²) in [6.07, 6.45) is 16.8. The molecule has 0 aromatic rings. The van der Waals surface area contributed by atoms with Gasteiger partial charge in [-0.2, -0.15) is 0 Å². The molecule has 4 rings (SSSR count). The largest absolute Gasteiger partial charge is 0.393 e. The molecule has 2 nitrogen and oxygen atoms in total. The van der Waals surface area contributed by atoms with E-state index < -0.39 is 0 Å². The summed E-state index contributed by atoms with van der Waals surface area (Å²) in [7, 11) is 0. The molecule has 0 radical (unpaired) electrons. The van der Waals surface area contributed by atoms with Crippen LogP contribution in [0.15, 0.2) is 11.6 Å². The molecule has 3 N–H and O–H groups in total. The maximum Gasteiger partial charge on any atom is 0.0577 e. The predicted octanol–water partition coefficient (Wildman–Crippen LogP) is 6.33. The molecule has 0 heterocycles. The Hall–Kier alpha value is -0.340. The van der Waals surface area contributed by atoms with E-state index in [2.05, 4.69) is 33.8 Å². The van der Waals surface area contributed by atoms with Gasteiger partial charge in [0.2, 0.25) is 0 Å². The first-order chi connectivity index (χ1) is 13.8. The van der Waals surface area contributed by atoms with Gasteiger partial charge in [0.1, 0.15) is 0 Å². The molecular formula is C27H47NO.